The van der Waals surface area contributed by atoms with E-state index in [9.17, 15) is 4.79 Å². The van der Waals surface area contributed by atoms with Crippen LogP contribution in [0.3, 0.4) is 0 Å². The molecule has 126 valence electrons. The van der Waals surface area contributed by atoms with Gasteiger partial charge >= 0.3 is 0 Å². The van der Waals surface area contributed by atoms with Crippen molar-refractivity contribution in [2.75, 3.05) is 20.8 Å². The highest BCUT2D eigenvalue weighted by Crippen LogP contribution is 2.26. The highest BCUT2D eigenvalue weighted by atomic mass is 35.5. The fourth-order valence-electron chi connectivity index (χ4n) is 1.85. The first-order chi connectivity index (χ1) is 11.6. The van der Waals surface area contributed by atoms with Crippen LogP contribution >= 0.6 is 11.6 Å². The predicted molar refractivity (Wildman–Crippen MR) is 92.2 cm³/mol. The molecule has 0 atom stereocenters. The van der Waals surface area contributed by atoms with Gasteiger partial charge < -0.3 is 14.2 Å². The molecule has 0 radical (unpaired) electrons. The average molecular weight is 349 g/mol. The van der Waals surface area contributed by atoms with Gasteiger partial charge in [-0.1, -0.05) is 17.7 Å². The quantitative estimate of drug-likeness (QED) is 0.617. The topological polar surface area (TPSA) is 69.2 Å². The summed E-state index contributed by atoms with van der Waals surface area (Å²) in [5.41, 5.74) is 3.14. The standard InChI is InChI=1S/C17H17ClN2O4/c1-22-15-7-6-12(8-16(15)23-2)10-19-20-17(21)11-24-14-5-3-4-13(18)9-14/h3-10H,11H2,1-2H3,(H,20,21). The molecule has 1 amide bonds. The van der Waals surface area contributed by atoms with Crippen molar-refractivity contribution in [3.05, 3.63) is 53.1 Å². The lowest BCUT2D eigenvalue weighted by Crippen LogP contribution is -2.24. The molecule has 24 heavy (non-hydrogen) atoms. The molecule has 2 aromatic carbocycles. The largest absolute Gasteiger partial charge is 0.493 e. The predicted octanol–water partition coefficient (Wildman–Crippen LogP) is 2.89. The second-order valence-corrected chi connectivity index (χ2v) is 5.09. The maximum atomic E-state index is 11.7. The van der Waals surface area contributed by atoms with Crippen LogP contribution in [0.1, 0.15) is 5.56 Å². The van der Waals surface area contributed by atoms with Crippen LogP contribution in [0, 0.1) is 0 Å². The van der Waals surface area contributed by atoms with Gasteiger partial charge in [-0.25, -0.2) is 5.43 Å². The summed E-state index contributed by atoms with van der Waals surface area (Å²) in [5.74, 6) is 1.33. The smallest absolute Gasteiger partial charge is 0.277 e. The van der Waals surface area contributed by atoms with E-state index in [2.05, 4.69) is 10.5 Å². The maximum Gasteiger partial charge on any atom is 0.277 e. The molecule has 0 spiro atoms. The molecular formula is C17H17ClN2O4. The summed E-state index contributed by atoms with van der Waals surface area (Å²) in [7, 11) is 3.11. The van der Waals surface area contributed by atoms with E-state index in [0.717, 1.165) is 5.56 Å². The highest BCUT2D eigenvalue weighted by molar-refractivity contribution is 6.30. The third kappa shape index (κ3) is 5.17. The molecule has 0 unspecified atom stereocenters. The van der Waals surface area contributed by atoms with E-state index in [1.54, 1.807) is 56.7 Å². The normalized spacial score (nSPS) is 10.5. The number of nitrogens with zero attached hydrogens (tertiary/aromatic N) is 1. The maximum absolute atomic E-state index is 11.7. The Morgan fingerprint density at radius 2 is 1.96 bits per heavy atom. The summed E-state index contributed by atoms with van der Waals surface area (Å²) in [6.07, 6.45) is 1.50. The van der Waals surface area contributed by atoms with Crippen molar-refractivity contribution in [3.8, 4) is 17.2 Å². The number of nitrogens with one attached hydrogen (secondary N) is 1. The van der Waals surface area contributed by atoms with Gasteiger partial charge in [0.25, 0.3) is 5.91 Å². The molecule has 0 bridgehead atoms. The molecule has 0 saturated heterocycles. The van der Waals surface area contributed by atoms with E-state index in [0.29, 0.717) is 22.3 Å². The van der Waals surface area contributed by atoms with Crippen molar-refractivity contribution in [1.82, 2.24) is 5.43 Å². The molecule has 6 nitrogen and oxygen atoms in total. The van der Waals surface area contributed by atoms with E-state index in [1.165, 1.54) is 6.21 Å². The number of halogens is 1. The van der Waals surface area contributed by atoms with Crippen molar-refractivity contribution in [3.63, 3.8) is 0 Å². The van der Waals surface area contributed by atoms with Gasteiger partial charge in [-0.05, 0) is 42.0 Å². The van der Waals surface area contributed by atoms with Gasteiger partial charge in [-0.15, -0.1) is 0 Å². The van der Waals surface area contributed by atoms with Crippen LogP contribution in [0.15, 0.2) is 47.6 Å². The zero-order chi connectivity index (χ0) is 17.4. The van der Waals surface area contributed by atoms with Crippen LogP contribution < -0.4 is 19.6 Å². The van der Waals surface area contributed by atoms with Crippen molar-refractivity contribution >= 4 is 23.7 Å². The van der Waals surface area contributed by atoms with Gasteiger partial charge in [0.15, 0.2) is 18.1 Å². The third-order valence-electron chi connectivity index (χ3n) is 2.98. The van der Waals surface area contributed by atoms with Crippen LogP contribution in [-0.2, 0) is 4.79 Å². The zero-order valence-electron chi connectivity index (χ0n) is 13.3. The summed E-state index contributed by atoms with van der Waals surface area (Å²) in [5, 5.41) is 4.42. The molecule has 0 aliphatic carbocycles. The molecule has 0 heterocycles. The summed E-state index contributed by atoms with van der Waals surface area (Å²) in [4.78, 5) is 11.7. The molecule has 0 aliphatic heterocycles. The number of carbonyl (C=O) groups excluding carboxylic acids is 1. The SMILES string of the molecule is COc1ccc(C=NNC(=O)COc2cccc(Cl)c2)cc1OC. The number of hydrogen-bond donors (Lipinski definition) is 1. The van der Waals surface area contributed by atoms with Crippen LogP contribution in [0.4, 0.5) is 0 Å². The van der Waals surface area contributed by atoms with Crippen LogP contribution in [0.25, 0.3) is 0 Å². The van der Waals surface area contributed by atoms with Crippen LogP contribution in [0.2, 0.25) is 5.02 Å². The number of carbonyl (C=O) groups is 1. The van der Waals surface area contributed by atoms with Crippen molar-refractivity contribution in [1.29, 1.82) is 0 Å². The van der Waals surface area contributed by atoms with Gasteiger partial charge in [0.1, 0.15) is 5.75 Å². The van der Waals surface area contributed by atoms with E-state index < -0.39 is 0 Å². The Labute approximate surface area is 145 Å². The van der Waals surface area contributed by atoms with Gasteiger partial charge in [0.05, 0.1) is 20.4 Å². The molecule has 7 heteroatoms. The van der Waals surface area contributed by atoms with E-state index in [4.69, 9.17) is 25.8 Å². The molecule has 0 aromatic heterocycles. The molecule has 0 fully saturated rings. The number of methoxy groups -OCH3 is 2. The minimum atomic E-state index is -0.383. The average Bonchev–Trinajstić information content (AvgIpc) is 2.60. The number of hydrogen-bond acceptors (Lipinski definition) is 5. The first-order valence-corrected chi connectivity index (χ1v) is 7.42. The second-order valence-electron chi connectivity index (χ2n) is 4.65. The van der Waals surface area contributed by atoms with Crippen LogP contribution in [-0.4, -0.2) is 32.9 Å². The molecule has 0 aliphatic rings. The number of rotatable bonds is 7. The molecule has 2 aromatic rings. The lowest BCUT2D eigenvalue weighted by Gasteiger charge is -2.07. The van der Waals surface area contributed by atoms with Gasteiger partial charge in [0, 0.05) is 5.02 Å². The Hall–Kier alpha value is -2.73. The minimum absolute atomic E-state index is 0.163. The van der Waals surface area contributed by atoms with Gasteiger partial charge in [-0.2, -0.15) is 5.10 Å². The van der Waals surface area contributed by atoms with E-state index in [-0.39, 0.29) is 12.5 Å². The molecule has 2 rings (SSSR count). The zero-order valence-corrected chi connectivity index (χ0v) is 14.0. The lowest BCUT2D eigenvalue weighted by molar-refractivity contribution is -0.123. The van der Waals surface area contributed by atoms with Gasteiger partial charge in [0.2, 0.25) is 0 Å². The number of hydrazone groups is 1. The highest BCUT2D eigenvalue weighted by Gasteiger charge is 2.04. The van der Waals surface area contributed by atoms with Gasteiger partial charge in [-0.3, -0.25) is 4.79 Å². The number of amides is 1. The van der Waals surface area contributed by atoms with Crippen molar-refractivity contribution in [2.45, 2.75) is 0 Å². The fourth-order valence-corrected chi connectivity index (χ4v) is 2.03. The summed E-state index contributed by atoms with van der Waals surface area (Å²) < 4.78 is 15.7. The summed E-state index contributed by atoms with van der Waals surface area (Å²) in [6.45, 7) is -0.163. The molecule has 0 saturated carbocycles. The van der Waals surface area contributed by atoms with E-state index in [1.807, 2.05) is 0 Å². The fraction of sp³-hybridized carbons (Fsp3) is 0.176. The Bertz CT molecular complexity index is 734. The van der Waals surface area contributed by atoms with E-state index >= 15 is 0 Å². The molecule has 1 N–H and O–H groups in total. The van der Waals surface area contributed by atoms with Crippen molar-refractivity contribution < 1.29 is 19.0 Å². The molecular weight excluding hydrogens is 332 g/mol. The Morgan fingerprint density at radius 1 is 1.17 bits per heavy atom. The summed E-state index contributed by atoms with van der Waals surface area (Å²) in [6, 6.07) is 12.1. The third-order valence-corrected chi connectivity index (χ3v) is 3.21. The Balaban J connectivity index is 1.86. The summed E-state index contributed by atoms with van der Waals surface area (Å²) >= 11 is 5.83. The monoisotopic (exact) mass is 348 g/mol. The van der Waals surface area contributed by atoms with Crippen LogP contribution in [0.5, 0.6) is 17.2 Å². The Morgan fingerprint density at radius 3 is 2.67 bits per heavy atom. The number of benzene rings is 2. The second kappa shape index (κ2) is 8.79. The van der Waals surface area contributed by atoms with Crippen molar-refractivity contribution in [2.24, 2.45) is 5.10 Å². The lowest BCUT2D eigenvalue weighted by atomic mass is 10.2. The Kier molecular flexibility index (Phi) is 6.45. The first-order valence-electron chi connectivity index (χ1n) is 7.04. The number of ether oxygens (including phenoxy) is 3. The first kappa shape index (κ1) is 17.6. The minimum Gasteiger partial charge on any atom is -0.493 e.